The largest absolute Gasteiger partial charge is 0.383 e. The molecule has 3 aromatic rings. The quantitative estimate of drug-likeness (QED) is 0.587. The number of hydrogen-bond donors (Lipinski definition) is 1. The Hall–Kier alpha value is -1.60. The minimum absolute atomic E-state index is 0.546. The number of hydrogen-bond acceptors (Lipinski definition) is 6. The van der Waals surface area contributed by atoms with Crippen molar-refractivity contribution in [1.82, 2.24) is 19.7 Å². The Kier molecular flexibility index (Phi) is 2.92. The van der Waals surface area contributed by atoms with Gasteiger partial charge in [-0.05, 0) is 17.5 Å². The van der Waals surface area contributed by atoms with Crippen LogP contribution in [0.25, 0.3) is 10.2 Å². The summed E-state index contributed by atoms with van der Waals surface area (Å²) in [6, 6.07) is 3.93. The number of thiophene rings is 1. The maximum Gasteiger partial charge on any atom is 0.191 e. The second kappa shape index (κ2) is 4.58. The number of nitrogens with two attached hydrogens (primary N) is 1. The van der Waals surface area contributed by atoms with Crippen molar-refractivity contribution in [1.29, 1.82) is 0 Å². The first kappa shape index (κ1) is 11.5. The van der Waals surface area contributed by atoms with Crippen LogP contribution in [-0.2, 0) is 12.8 Å². The molecule has 0 aliphatic rings. The van der Waals surface area contributed by atoms with Crippen molar-refractivity contribution >= 4 is 39.1 Å². The number of anilines is 1. The van der Waals surface area contributed by atoms with Crippen molar-refractivity contribution in [3.63, 3.8) is 0 Å². The lowest BCUT2D eigenvalue weighted by molar-refractivity contribution is 0.754. The SMILES string of the molecule is Cn1ccc(CSc2nc(N)c3ccsc3n2)n1. The van der Waals surface area contributed by atoms with Crippen molar-refractivity contribution < 1.29 is 0 Å². The third kappa shape index (κ3) is 2.19. The molecule has 0 bridgehead atoms. The molecule has 0 saturated heterocycles. The summed E-state index contributed by atoms with van der Waals surface area (Å²) in [6.07, 6.45) is 1.92. The first-order valence-electron chi connectivity index (χ1n) is 5.34. The third-order valence-electron chi connectivity index (χ3n) is 2.45. The Bertz CT molecular complexity index is 688. The molecule has 92 valence electrons. The van der Waals surface area contributed by atoms with Crippen LogP contribution in [0.5, 0.6) is 0 Å². The van der Waals surface area contributed by atoms with Gasteiger partial charge >= 0.3 is 0 Å². The standard InChI is InChI=1S/C11H11N5S2/c1-16-4-2-7(15-16)6-18-11-13-9(12)8-3-5-17-10(8)14-11/h2-5H,6H2,1H3,(H2,12,13,14). The second-order valence-corrected chi connectivity index (χ2v) is 5.64. The molecule has 0 fully saturated rings. The van der Waals surface area contributed by atoms with E-state index in [1.54, 1.807) is 27.8 Å². The number of aromatic nitrogens is 4. The highest BCUT2D eigenvalue weighted by Crippen LogP contribution is 2.27. The van der Waals surface area contributed by atoms with Gasteiger partial charge in [0, 0.05) is 19.0 Å². The zero-order valence-electron chi connectivity index (χ0n) is 9.70. The van der Waals surface area contributed by atoms with Gasteiger partial charge in [0.25, 0.3) is 0 Å². The van der Waals surface area contributed by atoms with Gasteiger partial charge in [0.1, 0.15) is 10.6 Å². The summed E-state index contributed by atoms with van der Waals surface area (Å²) in [6.45, 7) is 0. The Morgan fingerprint density at radius 2 is 2.28 bits per heavy atom. The van der Waals surface area contributed by atoms with Crippen molar-refractivity contribution in [3.8, 4) is 0 Å². The normalized spacial score (nSPS) is 11.2. The Labute approximate surface area is 112 Å². The van der Waals surface area contributed by atoms with Crippen LogP contribution < -0.4 is 5.73 Å². The number of nitrogen functional groups attached to an aromatic ring is 1. The zero-order valence-corrected chi connectivity index (χ0v) is 11.3. The van der Waals surface area contributed by atoms with Crippen LogP contribution in [0.4, 0.5) is 5.82 Å². The summed E-state index contributed by atoms with van der Waals surface area (Å²) in [7, 11) is 1.90. The fraction of sp³-hybridized carbons (Fsp3) is 0.182. The van der Waals surface area contributed by atoms with Gasteiger partial charge in [0.05, 0.1) is 11.1 Å². The highest BCUT2D eigenvalue weighted by atomic mass is 32.2. The maximum absolute atomic E-state index is 5.90. The number of aryl methyl sites for hydroxylation is 1. The maximum atomic E-state index is 5.90. The molecule has 3 rings (SSSR count). The smallest absolute Gasteiger partial charge is 0.191 e. The van der Waals surface area contributed by atoms with Crippen LogP contribution >= 0.6 is 23.1 Å². The molecule has 0 saturated carbocycles. The topological polar surface area (TPSA) is 69.6 Å². The highest BCUT2D eigenvalue weighted by Gasteiger charge is 2.07. The molecule has 0 aromatic carbocycles. The predicted molar refractivity (Wildman–Crippen MR) is 74.6 cm³/mol. The molecule has 0 atom stereocenters. The van der Waals surface area contributed by atoms with Gasteiger partial charge < -0.3 is 5.73 Å². The van der Waals surface area contributed by atoms with Crippen LogP contribution in [-0.4, -0.2) is 19.7 Å². The molecular weight excluding hydrogens is 266 g/mol. The molecule has 3 aromatic heterocycles. The van der Waals surface area contributed by atoms with Crippen molar-refractivity contribution in [2.24, 2.45) is 7.05 Å². The van der Waals surface area contributed by atoms with Crippen molar-refractivity contribution in [3.05, 3.63) is 29.4 Å². The zero-order chi connectivity index (χ0) is 12.5. The average molecular weight is 277 g/mol. The molecular formula is C11H11N5S2. The molecule has 3 heterocycles. The van der Waals surface area contributed by atoms with E-state index in [-0.39, 0.29) is 0 Å². The summed E-state index contributed by atoms with van der Waals surface area (Å²) in [5, 5.41) is 7.92. The average Bonchev–Trinajstić information content (AvgIpc) is 2.95. The first-order chi connectivity index (χ1) is 8.72. The van der Waals surface area contributed by atoms with Crippen molar-refractivity contribution in [2.75, 3.05) is 5.73 Å². The molecule has 0 aliphatic carbocycles. The van der Waals surface area contributed by atoms with Gasteiger partial charge in [-0.1, -0.05) is 11.8 Å². The molecule has 0 aliphatic heterocycles. The van der Waals surface area contributed by atoms with Crippen molar-refractivity contribution in [2.45, 2.75) is 10.9 Å². The van der Waals surface area contributed by atoms with Crippen LogP contribution in [0.2, 0.25) is 0 Å². The monoisotopic (exact) mass is 277 g/mol. The molecule has 7 heteroatoms. The fourth-order valence-electron chi connectivity index (χ4n) is 1.60. The van der Waals surface area contributed by atoms with E-state index in [9.17, 15) is 0 Å². The molecule has 0 spiro atoms. The van der Waals surface area contributed by atoms with Crippen LogP contribution in [0, 0.1) is 0 Å². The van der Waals surface area contributed by atoms with Gasteiger partial charge in [-0.15, -0.1) is 11.3 Å². The molecule has 0 amide bonds. The van der Waals surface area contributed by atoms with E-state index in [1.807, 2.05) is 30.8 Å². The highest BCUT2D eigenvalue weighted by molar-refractivity contribution is 7.98. The van der Waals surface area contributed by atoms with E-state index >= 15 is 0 Å². The van der Waals surface area contributed by atoms with Gasteiger partial charge in [0.15, 0.2) is 5.16 Å². The lowest BCUT2D eigenvalue weighted by Crippen LogP contribution is -1.95. The number of thioether (sulfide) groups is 1. The predicted octanol–water partition coefficient (Wildman–Crippen LogP) is 2.30. The van der Waals surface area contributed by atoms with Gasteiger partial charge in [0.2, 0.25) is 0 Å². The Morgan fingerprint density at radius 1 is 1.39 bits per heavy atom. The number of nitrogens with zero attached hydrogens (tertiary/aromatic N) is 4. The van der Waals surface area contributed by atoms with Crippen LogP contribution in [0.1, 0.15) is 5.69 Å². The summed E-state index contributed by atoms with van der Waals surface area (Å²) in [5.41, 5.74) is 6.91. The lowest BCUT2D eigenvalue weighted by Gasteiger charge is -2.00. The third-order valence-corrected chi connectivity index (χ3v) is 4.14. The van der Waals surface area contributed by atoms with Crippen LogP contribution in [0.15, 0.2) is 28.9 Å². The van der Waals surface area contributed by atoms with E-state index < -0.39 is 0 Å². The van der Waals surface area contributed by atoms with E-state index in [0.717, 1.165) is 21.7 Å². The Morgan fingerprint density at radius 3 is 3.06 bits per heavy atom. The summed E-state index contributed by atoms with van der Waals surface area (Å²) < 4.78 is 1.79. The van der Waals surface area contributed by atoms with E-state index in [2.05, 4.69) is 15.1 Å². The molecule has 0 unspecified atom stereocenters. The van der Waals surface area contributed by atoms with Gasteiger partial charge in [-0.3, -0.25) is 4.68 Å². The van der Waals surface area contributed by atoms with E-state index in [0.29, 0.717) is 11.0 Å². The summed E-state index contributed by atoms with van der Waals surface area (Å²) in [5.74, 6) is 1.29. The van der Waals surface area contributed by atoms with Gasteiger partial charge in [-0.25, -0.2) is 9.97 Å². The summed E-state index contributed by atoms with van der Waals surface area (Å²) >= 11 is 3.13. The second-order valence-electron chi connectivity index (χ2n) is 3.80. The lowest BCUT2D eigenvalue weighted by atomic mass is 10.4. The number of rotatable bonds is 3. The molecule has 5 nitrogen and oxygen atoms in total. The molecule has 18 heavy (non-hydrogen) atoms. The van der Waals surface area contributed by atoms with Crippen LogP contribution in [0.3, 0.4) is 0 Å². The van der Waals surface area contributed by atoms with Gasteiger partial charge in [-0.2, -0.15) is 5.10 Å². The molecule has 0 radical (unpaired) electrons. The molecule has 2 N–H and O–H groups in total. The van der Waals surface area contributed by atoms with E-state index in [1.165, 1.54) is 0 Å². The Balaban J connectivity index is 1.82. The fourth-order valence-corrected chi connectivity index (χ4v) is 3.18. The minimum atomic E-state index is 0.546. The minimum Gasteiger partial charge on any atom is -0.383 e. The first-order valence-corrected chi connectivity index (χ1v) is 7.21. The summed E-state index contributed by atoms with van der Waals surface area (Å²) in [4.78, 5) is 9.71. The number of fused-ring (bicyclic) bond motifs is 1. The van der Waals surface area contributed by atoms with E-state index in [4.69, 9.17) is 5.73 Å².